The van der Waals surface area contributed by atoms with Gasteiger partial charge >= 0.3 is 0 Å². The highest BCUT2D eigenvalue weighted by Crippen LogP contribution is 2.21. The molecule has 4 nitrogen and oxygen atoms in total. The summed E-state index contributed by atoms with van der Waals surface area (Å²) in [5, 5.41) is 10.7. The topological polar surface area (TPSA) is 57.1 Å². The van der Waals surface area contributed by atoms with E-state index in [-0.39, 0.29) is 0 Å². The molecule has 4 heteroatoms. The number of H-pyrrole nitrogens is 1. The molecule has 20 heavy (non-hydrogen) atoms. The number of ether oxygens (including phenoxy) is 2. The van der Waals surface area contributed by atoms with E-state index in [0.717, 1.165) is 27.0 Å². The number of nitrogens with one attached hydrogen (secondary N) is 1. The number of hydrogen-bond donors (Lipinski definition) is 1. The molecule has 0 aliphatic heterocycles. The van der Waals surface area contributed by atoms with Crippen LogP contribution < -0.4 is 10.6 Å². The number of allylic oxidation sites excluding steroid dienone is 2. The van der Waals surface area contributed by atoms with Gasteiger partial charge in [-0.15, -0.1) is 0 Å². The lowest BCUT2D eigenvalue weighted by Gasteiger charge is -2.04. The maximum absolute atomic E-state index is 8.02. The summed E-state index contributed by atoms with van der Waals surface area (Å²) < 4.78 is 10.5. The van der Waals surface area contributed by atoms with Crippen LogP contribution in [0.2, 0.25) is 0 Å². The Morgan fingerprint density at radius 1 is 1.30 bits per heavy atom. The summed E-state index contributed by atoms with van der Waals surface area (Å²) in [6.07, 6.45) is 1.84. The van der Waals surface area contributed by atoms with E-state index in [1.807, 2.05) is 32.1 Å². The Bertz CT molecular complexity index is 784. The predicted octanol–water partition coefficient (Wildman–Crippen LogP) is 1.63. The van der Waals surface area contributed by atoms with Gasteiger partial charge in [-0.2, -0.15) is 0 Å². The molecule has 1 aromatic carbocycles. The number of aromatic nitrogens is 1. The Hall–Kier alpha value is -2.36. The Morgan fingerprint density at radius 2 is 2.00 bits per heavy atom. The second kappa shape index (κ2) is 5.33. The van der Waals surface area contributed by atoms with Crippen molar-refractivity contribution in [2.75, 3.05) is 14.2 Å². The first-order chi connectivity index (χ1) is 9.47. The molecule has 0 radical (unpaired) electrons. The molecule has 0 spiro atoms. The molecule has 0 aliphatic rings. The first-order valence-corrected chi connectivity index (χ1v) is 6.31. The molecule has 0 unspecified atom stereocenters. The van der Waals surface area contributed by atoms with Gasteiger partial charge in [0.15, 0.2) is 5.76 Å². The van der Waals surface area contributed by atoms with Crippen molar-refractivity contribution in [3.05, 3.63) is 39.8 Å². The number of rotatable bonds is 3. The number of hydrogen-bond acceptors (Lipinski definition) is 2. The van der Waals surface area contributed by atoms with Crippen LogP contribution >= 0.6 is 0 Å². The van der Waals surface area contributed by atoms with E-state index in [4.69, 9.17) is 14.6 Å². The van der Waals surface area contributed by atoms with Crippen LogP contribution in [0.15, 0.2) is 23.7 Å². The zero-order valence-corrected chi connectivity index (χ0v) is 12.3. The third-order valence-corrected chi connectivity index (χ3v) is 3.34. The minimum Gasteiger partial charge on any atom is -0.592 e. The zero-order chi connectivity index (χ0) is 14.9. The van der Waals surface area contributed by atoms with Gasteiger partial charge in [-0.25, -0.2) is 0 Å². The smallest absolute Gasteiger partial charge is 0.278 e. The lowest BCUT2D eigenvalue weighted by atomic mass is 10.1. The van der Waals surface area contributed by atoms with Crippen LogP contribution in [-0.4, -0.2) is 24.3 Å². The molecule has 0 saturated carbocycles. The maximum atomic E-state index is 8.02. The number of aromatic amines is 1. The highest BCUT2D eigenvalue weighted by atomic mass is 16.5. The summed E-state index contributed by atoms with van der Waals surface area (Å²) in [6.45, 7) is 7.91. The van der Waals surface area contributed by atoms with Gasteiger partial charge < -0.3 is 19.6 Å². The standard InChI is InChI=1S/C16H19NO3/c1-9-6-12-10(2)13(17-16(12)14(18)7-9)8-15(20-5)11(3)19-4/h6-8,17-18H,2H2,1,3-5H3/p+1/b13-8+,15-11-. The largest absolute Gasteiger partial charge is 0.592 e. The molecule has 0 aliphatic carbocycles. The highest BCUT2D eigenvalue weighted by Gasteiger charge is 2.09. The Balaban J connectivity index is 2.77. The first-order valence-electron chi connectivity index (χ1n) is 6.31. The molecular weight excluding hydrogens is 254 g/mol. The van der Waals surface area contributed by atoms with Crippen LogP contribution in [0.25, 0.3) is 23.6 Å². The van der Waals surface area contributed by atoms with Crippen LogP contribution in [0.3, 0.4) is 0 Å². The molecule has 0 bridgehead atoms. The van der Waals surface area contributed by atoms with Crippen molar-refractivity contribution in [1.29, 1.82) is 0 Å². The number of methoxy groups -OCH3 is 2. The molecule has 0 fully saturated rings. The van der Waals surface area contributed by atoms with E-state index < -0.39 is 0 Å². The van der Waals surface area contributed by atoms with Gasteiger partial charge in [-0.05, 0) is 25.5 Å². The molecule has 2 rings (SSSR count). The summed E-state index contributed by atoms with van der Waals surface area (Å²) in [6, 6.07) is 3.86. The van der Waals surface area contributed by atoms with Crippen molar-refractivity contribution in [2.45, 2.75) is 13.8 Å². The van der Waals surface area contributed by atoms with Gasteiger partial charge in [0.25, 0.3) is 5.75 Å². The van der Waals surface area contributed by atoms with Crippen LogP contribution in [0, 0.1) is 6.92 Å². The highest BCUT2D eigenvalue weighted by molar-refractivity contribution is 5.86. The van der Waals surface area contributed by atoms with E-state index in [1.165, 1.54) is 0 Å². The lowest BCUT2D eigenvalue weighted by molar-refractivity contribution is 0.236. The Morgan fingerprint density at radius 3 is 2.60 bits per heavy atom. The van der Waals surface area contributed by atoms with Gasteiger partial charge in [0.1, 0.15) is 11.3 Å². The summed E-state index contributed by atoms with van der Waals surface area (Å²) >= 11 is 0. The number of aryl methyl sites for hydroxylation is 1. The fourth-order valence-corrected chi connectivity index (χ4v) is 2.17. The first kappa shape index (κ1) is 14.1. The second-order valence-electron chi connectivity index (χ2n) is 4.73. The molecule has 1 aromatic heterocycles. The predicted molar refractivity (Wildman–Crippen MR) is 82.1 cm³/mol. The number of benzene rings is 1. The van der Waals surface area contributed by atoms with Crippen molar-refractivity contribution in [2.24, 2.45) is 0 Å². The minimum atomic E-state index is 0.468. The van der Waals surface area contributed by atoms with E-state index in [1.54, 1.807) is 14.2 Å². The van der Waals surface area contributed by atoms with Gasteiger partial charge in [-0.3, -0.25) is 0 Å². The molecule has 3 N–H and O–H groups in total. The van der Waals surface area contributed by atoms with Gasteiger partial charge in [-0.1, -0.05) is 6.58 Å². The van der Waals surface area contributed by atoms with Crippen LogP contribution in [0.1, 0.15) is 12.5 Å². The Labute approximate surface area is 117 Å². The third kappa shape index (κ3) is 2.37. The maximum Gasteiger partial charge on any atom is 0.278 e. The van der Waals surface area contributed by atoms with Crippen molar-refractivity contribution in [1.82, 2.24) is 4.98 Å². The van der Waals surface area contributed by atoms with Gasteiger partial charge in [0.05, 0.1) is 14.2 Å². The Kier molecular flexibility index (Phi) is 3.74. The lowest BCUT2D eigenvalue weighted by Crippen LogP contribution is -2.21. The summed E-state index contributed by atoms with van der Waals surface area (Å²) in [4.78, 5) is 3.23. The molecule has 106 valence electrons. The minimum absolute atomic E-state index is 0.468. The fraction of sp³-hybridized carbons (Fsp3) is 0.250. The van der Waals surface area contributed by atoms with E-state index in [0.29, 0.717) is 17.3 Å². The van der Waals surface area contributed by atoms with E-state index in [9.17, 15) is 0 Å². The monoisotopic (exact) mass is 274 g/mol. The van der Waals surface area contributed by atoms with Crippen molar-refractivity contribution < 1.29 is 14.6 Å². The summed E-state index contributed by atoms with van der Waals surface area (Å²) in [5.41, 5.74) is 1.84. The summed E-state index contributed by atoms with van der Waals surface area (Å²) in [5.74, 6) is 1.79. The van der Waals surface area contributed by atoms with Crippen molar-refractivity contribution >= 4 is 23.6 Å². The molecular formula is C16H20NO3+. The van der Waals surface area contributed by atoms with Crippen molar-refractivity contribution in [3.8, 4) is 5.75 Å². The normalized spacial score (nSPS) is 13.5. The second-order valence-corrected chi connectivity index (χ2v) is 4.73. The molecule has 0 amide bonds. The van der Waals surface area contributed by atoms with Crippen molar-refractivity contribution in [3.63, 3.8) is 0 Å². The number of fused-ring (bicyclic) bond motifs is 1. The zero-order valence-electron chi connectivity index (χ0n) is 12.3. The summed E-state index contributed by atoms with van der Waals surface area (Å²) in [7, 11) is 3.20. The fourth-order valence-electron chi connectivity index (χ4n) is 2.17. The van der Waals surface area contributed by atoms with Crippen LogP contribution in [0.4, 0.5) is 0 Å². The molecule has 1 heterocycles. The van der Waals surface area contributed by atoms with Crippen LogP contribution in [0.5, 0.6) is 5.75 Å². The molecule has 2 aromatic rings. The molecule has 0 atom stereocenters. The van der Waals surface area contributed by atoms with Crippen LogP contribution in [-0.2, 0) is 9.47 Å². The molecule has 0 saturated heterocycles. The third-order valence-electron chi connectivity index (χ3n) is 3.34. The van der Waals surface area contributed by atoms with E-state index in [2.05, 4.69) is 11.6 Å². The van der Waals surface area contributed by atoms with E-state index >= 15 is 0 Å². The quantitative estimate of drug-likeness (QED) is 0.683. The average Bonchev–Trinajstić information content (AvgIpc) is 2.73. The average molecular weight is 274 g/mol. The SMILES string of the molecule is C=c1/c(=C\C(OC)=C(/C)OC)[nH]c2c([OH2+])cc(C)cc12. The van der Waals surface area contributed by atoms with Gasteiger partial charge in [0, 0.05) is 28.1 Å². The van der Waals surface area contributed by atoms with Gasteiger partial charge in [0.2, 0.25) is 0 Å².